The number of hydrogen-bond acceptors (Lipinski definition) is 2. The molecule has 1 unspecified atom stereocenters. The van der Waals surface area contributed by atoms with E-state index in [1.165, 1.54) is 0 Å². The monoisotopic (exact) mass is 294 g/mol. The minimum atomic E-state index is -1.11. The average Bonchev–Trinajstić information content (AvgIpc) is 2.42. The van der Waals surface area contributed by atoms with Crippen molar-refractivity contribution in [2.24, 2.45) is 0 Å². The van der Waals surface area contributed by atoms with Crippen molar-refractivity contribution in [2.75, 3.05) is 0 Å². The second kappa shape index (κ2) is 6.20. The van der Waals surface area contributed by atoms with Crippen LogP contribution in [-0.4, -0.2) is 17.0 Å². The highest BCUT2D eigenvalue weighted by atomic mass is 35.5. The van der Waals surface area contributed by atoms with E-state index >= 15 is 0 Å². The first-order valence-electron chi connectivity index (χ1n) is 5.79. The second-order valence-corrected chi connectivity index (χ2v) is 5.03. The van der Waals surface area contributed by atoms with Crippen molar-refractivity contribution in [3.8, 4) is 0 Å². The SMILES string of the molecule is O=C(c1ccccc1)C(O)Cc1ccc(Cl)cc1Cl. The summed E-state index contributed by atoms with van der Waals surface area (Å²) >= 11 is 11.8. The lowest BCUT2D eigenvalue weighted by Crippen LogP contribution is -2.23. The van der Waals surface area contributed by atoms with Crippen LogP contribution in [0.25, 0.3) is 0 Å². The summed E-state index contributed by atoms with van der Waals surface area (Å²) in [6.07, 6.45) is -0.940. The predicted octanol–water partition coefficient (Wildman–Crippen LogP) is 3.78. The number of hydrogen-bond donors (Lipinski definition) is 1. The van der Waals surface area contributed by atoms with Crippen LogP contribution in [0.15, 0.2) is 48.5 Å². The zero-order chi connectivity index (χ0) is 13.8. The summed E-state index contributed by atoms with van der Waals surface area (Å²) in [7, 11) is 0. The van der Waals surface area contributed by atoms with E-state index in [0.717, 1.165) is 0 Å². The van der Waals surface area contributed by atoms with E-state index in [1.807, 2.05) is 6.07 Å². The normalized spacial score (nSPS) is 12.2. The molecule has 0 spiro atoms. The van der Waals surface area contributed by atoms with Crippen molar-refractivity contribution < 1.29 is 9.90 Å². The molecule has 0 saturated carbocycles. The molecule has 0 amide bonds. The number of carbonyl (C=O) groups excluding carboxylic acids is 1. The highest BCUT2D eigenvalue weighted by Crippen LogP contribution is 2.22. The number of aliphatic hydroxyl groups is 1. The van der Waals surface area contributed by atoms with Gasteiger partial charge in [0.1, 0.15) is 6.10 Å². The Morgan fingerprint density at radius 2 is 1.79 bits per heavy atom. The van der Waals surface area contributed by atoms with Crippen molar-refractivity contribution in [3.05, 3.63) is 69.7 Å². The van der Waals surface area contributed by atoms with Crippen LogP contribution in [0, 0.1) is 0 Å². The van der Waals surface area contributed by atoms with Crippen LogP contribution in [-0.2, 0) is 6.42 Å². The van der Waals surface area contributed by atoms with Gasteiger partial charge in [-0.1, -0.05) is 59.6 Å². The molecule has 0 aromatic heterocycles. The standard InChI is InChI=1S/C15H12Cl2O2/c16-12-7-6-11(13(17)9-12)8-14(18)15(19)10-4-2-1-3-5-10/h1-7,9,14,18H,8H2. The lowest BCUT2D eigenvalue weighted by atomic mass is 10.00. The van der Waals surface area contributed by atoms with E-state index in [0.29, 0.717) is 21.2 Å². The van der Waals surface area contributed by atoms with Crippen molar-refractivity contribution in [1.82, 2.24) is 0 Å². The summed E-state index contributed by atoms with van der Waals surface area (Å²) < 4.78 is 0. The molecule has 2 aromatic rings. The highest BCUT2D eigenvalue weighted by Gasteiger charge is 2.18. The first-order chi connectivity index (χ1) is 9.08. The minimum absolute atomic E-state index is 0.170. The highest BCUT2D eigenvalue weighted by molar-refractivity contribution is 6.35. The van der Waals surface area contributed by atoms with Crippen LogP contribution in [0.5, 0.6) is 0 Å². The van der Waals surface area contributed by atoms with Crippen LogP contribution in [0.4, 0.5) is 0 Å². The molecular formula is C15H12Cl2O2. The van der Waals surface area contributed by atoms with E-state index in [1.54, 1.807) is 42.5 Å². The molecule has 0 aliphatic heterocycles. The molecule has 0 fully saturated rings. The molecule has 98 valence electrons. The molecule has 2 nitrogen and oxygen atoms in total. The van der Waals surface area contributed by atoms with Crippen molar-refractivity contribution in [1.29, 1.82) is 0 Å². The molecule has 4 heteroatoms. The summed E-state index contributed by atoms with van der Waals surface area (Å²) in [5.41, 5.74) is 1.18. The van der Waals surface area contributed by atoms with E-state index < -0.39 is 6.10 Å². The molecule has 0 radical (unpaired) electrons. The number of aliphatic hydroxyl groups excluding tert-OH is 1. The quantitative estimate of drug-likeness (QED) is 0.872. The largest absolute Gasteiger partial charge is 0.385 e. The Morgan fingerprint density at radius 1 is 1.11 bits per heavy atom. The topological polar surface area (TPSA) is 37.3 Å². The van der Waals surface area contributed by atoms with Crippen molar-refractivity contribution in [2.45, 2.75) is 12.5 Å². The molecule has 2 rings (SSSR count). The van der Waals surface area contributed by atoms with Gasteiger partial charge in [0, 0.05) is 22.0 Å². The number of halogens is 2. The summed E-state index contributed by atoms with van der Waals surface area (Å²) in [5, 5.41) is 11.0. The molecule has 1 atom stereocenters. The van der Waals surface area contributed by atoms with Gasteiger partial charge in [0.05, 0.1) is 0 Å². The Hall–Kier alpha value is -1.35. The van der Waals surface area contributed by atoms with Crippen LogP contribution in [0.1, 0.15) is 15.9 Å². The maximum atomic E-state index is 12.0. The van der Waals surface area contributed by atoms with Crippen LogP contribution in [0.2, 0.25) is 10.0 Å². The molecule has 0 aliphatic rings. The molecule has 0 heterocycles. The molecule has 0 bridgehead atoms. The van der Waals surface area contributed by atoms with Gasteiger partial charge < -0.3 is 5.11 Å². The fraction of sp³-hybridized carbons (Fsp3) is 0.133. The maximum absolute atomic E-state index is 12.0. The fourth-order valence-corrected chi connectivity index (χ4v) is 2.27. The third kappa shape index (κ3) is 3.57. The van der Waals surface area contributed by atoms with E-state index in [4.69, 9.17) is 23.2 Å². The van der Waals surface area contributed by atoms with Crippen LogP contribution in [0.3, 0.4) is 0 Å². The first kappa shape index (κ1) is 14.1. The number of carbonyl (C=O) groups is 1. The summed E-state index contributed by atoms with van der Waals surface area (Å²) in [4.78, 5) is 12.0. The van der Waals surface area contributed by atoms with Crippen LogP contribution >= 0.6 is 23.2 Å². The molecule has 0 saturated heterocycles. The van der Waals surface area contributed by atoms with Gasteiger partial charge in [0.25, 0.3) is 0 Å². The Kier molecular flexibility index (Phi) is 4.59. The van der Waals surface area contributed by atoms with Gasteiger partial charge in [-0.3, -0.25) is 4.79 Å². The lowest BCUT2D eigenvalue weighted by Gasteiger charge is -2.11. The Morgan fingerprint density at radius 3 is 2.42 bits per heavy atom. The Balaban J connectivity index is 2.13. The van der Waals surface area contributed by atoms with E-state index in [9.17, 15) is 9.90 Å². The summed E-state index contributed by atoms with van der Waals surface area (Å²) in [6, 6.07) is 13.7. The number of rotatable bonds is 4. The van der Waals surface area contributed by atoms with Gasteiger partial charge >= 0.3 is 0 Å². The predicted molar refractivity (Wildman–Crippen MR) is 76.9 cm³/mol. The molecule has 19 heavy (non-hydrogen) atoms. The van der Waals surface area contributed by atoms with Gasteiger partial charge in [0.15, 0.2) is 5.78 Å². The third-order valence-corrected chi connectivity index (χ3v) is 3.38. The molecule has 0 aliphatic carbocycles. The Labute approximate surface area is 121 Å². The number of Topliss-reactive ketones (excluding diaryl/α,β-unsaturated/α-hetero) is 1. The maximum Gasteiger partial charge on any atom is 0.191 e. The number of benzene rings is 2. The van der Waals surface area contributed by atoms with Crippen molar-refractivity contribution >= 4 is 29.0 Å². The zero-order valence-electron chi connectivity index (χ0n) is 10.0. The van der Waals surface area contributed by atoms with Gasteiger partial charge in [-0.05, 0) is 17.7 Å². The second-order valence-electron chi connectivity index (χ2n) is 4.19. The van der Waals surface area contributed by atoms with Crippen LogP contribution < -0.4 is 0 Å². The van der Waals surface area contributed by atoms with E-state index in [2.05, 4.69) is 0 Å². The zero-order valence-corrected chi connectivity index (χ0v) is 11.5. The minimum Gasteiger partial charge on any atom is -0.385 e. The van der Waals surface area contributed by atoms with Gasteiger partial charge in [-0.25, -0.2) is 0 Å². The molecular weight excluding hydrogens is 283 g/mol. The summed E-state index contributed by atoms with van der Waals surface area (Å²) in [6.45, 7) is 0. The molecule has 2 aromatic carbocycles. The van der Waals surface area contributed by atoms with E-state index in [-0.39, 0.29) is 12.2 Å². The fourth-order valence-electron chi connectivity index (χ4n) is 1.78. The molecule has 1 N–H and O–H groups in total. The lowest BCUT2D eigenvalue weighted by molar-refractivity contribution is 0.0748. The number of ketones is 1. The summed E-state index contributed by atoms with van der Waals surface area (Å²) in [5.74, 6) is -0.313. The van der Waals surface area contributed by atoms with Gasteiger partial charge in [-0.2, -0.15) is 0 Å². The van der Waals surface area contributed by atoms with Gasteiger partial charge in [-0.15, -0.1) is 0 Å². The van der Waals surface area contributed by atoms with Crippen molar-refractivity contribution in [3.63, 3.8) is 0 Å². The van der Waals surface area contributed by atoms with Gasteiger partial charge in [0.2, 0.25) is 0 Å². The smallest absolute Gasteiger partial charge is 0.191 e. The first-order valence-corrected chi connectivity index (χ1v) is 6.55. The third-order valence-electron chi connectivity index (χ3n) is 2.79. The Bertz CT molecular complexity index is 582. The average molecular weight is 295 g/mol.